The lowest BCUT2D eigenvalue weighted by atomic mass is 10.4. The fourth-order valence-corrected chi connectivity index (χ4v) is 1.16. The molecule has 0 N–H and O–H groups in total. The van der Waals surface area contributed by atoms with Crippen molar-refractivity contribution in [3.8, 4) is 0 Å². The van der Waals surface area contributed by atoms with Crippen LogP contribution in [0.25, 0.3) is 0 Å². The molecular formula is C6H5BrF2N2O2. The highest BCUT2D eigenvalue weighted by Crippen LogP contribution is 2.19. The quantitative estimate of drug-likeness (QED) is 0.757. The molecule has 0 saturated carbocycles. The van der Waals surface area contributed by atoms with Gasteiger partial charge in [0.15, 0.2) is 5.69 Å². The van der Waals surface area contributed by atoms with E-state index in [9.17, 15) is 13.6 Å². The molecule has 0 bridgehead atoms. The van der Waals surface area contributed by atoms with Crippen LogP contribution >= 0.6 is 15.9 Å². The average Bonchev–Trinajstić information content (AvgIpc) is 2.46. The minimum Gasteiger partial charge on any atom is -0.464 e. The largest absolute Gasteiger partial charge is 0.464 e. The van der Waals surface area contributed by atoms with Crippen LogP contribution in [-0.2, 0) is 4.74 Å². The number of alkyl halides is 2. The van der Waals surface area contributed by atoms with Crippen molar-refractivity contribution in [3.63, 3.8) is 0 Å². The number of aromatic nitrogens is 2. The molecule has 0 fully saturated rings. The molecule has 1 aromatic heterocycles. The first-order valence-electron chi connectivity index (χ1n) is 3.17. The number of carbonyl (C=O) groups is 1. The number of hydrogen-bond donors (Lipinski definition) is 0. The molecule has 0 amide bonds. The molecule has 0 aliphatic heterocycles. The maximum atomic E-state index is 12.1. The zero-order chi connectivity index (χ0) is 10.0. The van der Waals surface area contributed by atoms with E-state index in [1.165, 1.54) is 0 Å². The van der Waals surface area contributed by atoms with Crippen LogP contribution in [0.4, 0.5) is 8.78 Å². The Labute approximate surface area is 80.6 Å². The number of nitrogens with zero attached hydrogens (tertiary/aromatic N) is 2. The summed E-state index contributed by atoms with van der Waals surface area (Å²) in [6.07, 6.45) is 0. The molecule has 72 valence electrons. The lowest BCUT2D eigenvalue weighted by molar-refractivity contribution is 0.0505. The Morgan fingerprint density at radius 1 is 1.77 bits per heavy atom. The molecule has 0 aromatic carbocycles. The van der Waals surface area contributed by atoms with Gasteiger partial charge in [-0.1, -0.05) is 0 Å². The van der Waals surface area contributed by atoms with Gasteiger partial charge in [-0.3, -0.25) is 0 Å². The van der Waals surface area contributed by atoms with Gasteiger partial charge in [-0.2, -0.15) is 18.6 Å². The van der Waals surface area contributed by atoms with Crippen LogP contribution in [0.15, 0.2) is 10.7 Å². The Morgan fingerprint density at radius 2 is 2.38 bits per heavy atom. The predicted molar refractivity (Wildman–Crippen MR) is 42.5 cm³/mol. The third kappa shape index (κ3) is 2.03. The molecule has 4 nitrogen and oxygen atoms in total. The van der Waals surface area contributed by atoms with Crippen LogP contribution in [0.2, 0.25) is 0 Å². The van der Waals surface area contributed by atoms with Gasteiger partial charge in [0.2, 0.25) is 0 Å². The zero-order valence-electron chi connectivity index (χ0n) is 6.50. The first-order valence-corrected chi connectivity index (χ1v) is 3.97. The summed E-state index contributed by atoms with van der Waals surface area (Å²) in [7, 11) is 1.15. The Balaban J connectivity index is 3.02. The molecule has 0 radical (unpaired) electrons. The molecule has 1 rings (SSSR count). The normalized spacial score (nSPS) is 10.5. The summed E-state index contributed by atoms with van der Waals surface area (Å²) < 4.78 is 29.0. The number of carbonyl (C=O) groups excluding carboxylic acids is 1. The van der Waals surface area contributed by atoms with E-state index in [2.05, 4.69) is 25.8 Å². The fraction of sp³-hybridized carbons (Fsp3) is 0.333. The summed E-state index contributed by atoms with van der Waals surface area (Å²) >= 11 is 2.83. The first kappa shape index (κ1) is 10.1. The van der Waals surface area contributed by atoms with Gasteiger partial charge in [0, 0.05) is 6.07 Å². The molecule has 0 atom stereocenters. The summed E-state index contributed by atoms with van der Waals surface area (Å²) in [6, 6.07) is 1.16. The standard InChI is InChI=1S/C6H5BrF2N2O2/c1-13-5(12)3-2-4(7)11(10-3)6(8)9/h2,6H,1H3. The van der Waals surface area contributed by atoms with Gasteiger partial charge >= 0.3 is 12.5 Å². The monoisotopic (exact) mass is 254 g/mol. The lowest BCUT2D eigenvalue weighted by Gasteiger charge is -1.98. The van der Waals surface area contributed by atoms with Gasteiger partial charge in [0.05, 0.1) is 7.11 Å². The van der Waals surface area contributed by atoms with Crippen LogP contribution in [0.1, 0.15) is 17.0 Å². The van der Waals surface area contributed by atoms with Gasteiger partial charge in [-0.25, -0.2) is 4.79 Å². The predicted octanol–water partition coefficient (Wildman–Crippen LogP) is 1.83. The molecule has 1 heterocycles. The van der Waals surface area contributed by atoms with Crippen LogP contribution in [0, 0.1) is 0 Å². The minimum absolute atomic E-state index is 0.0305. The number of hydrogen-bond acceptors (Lipinski definition) is 3. The van der Waals surface area contributed by atoms with E-state index in [0.29, 0.717) is 4.68 Å². The SMILES string of the molecule is COC(=O)c1cc(Br)n(C(F)F)n1. The summed E-state index contributed by atoms with van der Waals surface area (Å²) in [6.45, 7) is -2.78. The van der Waals surface area contributed by atoms with Crippen molar-refractivity contribution in [2.24, 2.45) is 0 Å². The van der Waals surface area contributed by atoms with Crippen molar-refractivity contribution in [3.05, 3.63) is 16.4 Å². The van der Waals surface area contributed by atoms with E-state index in [4.69, 9.17) is 0 Å². The molecule has 0 saturated heterocycles. The second kappa shape index (κ2) is 3.82. The van der Waals surface area contributed by atoms with Crippen molar-refractivity contribution in [1.29, 1.82) is 0 Å². The van der Waals surface area contributed by atoms with E-state index in [0.717, 1.165) is 13.2 Å². The molecule has 0 unspecified atom stereocenters. The average molecular weight is 255 g/mol. The molecular weight excluding hydrogens is 250 g/mol. The van der Waals surface area contributed by atoms with Crippen molar-refractivity contribution in [1.82, 2.24) is 9.78 Å². The third-order valence-electron chi connectivity index (χ3n) is 1.27. The van der Waals surface area contributed by atoms with Gasteiger partial charge in [0.25, 0.3) is 0 Å². The first-order chi connectivity index (χ1) is 6.06. The molecule has 0 aliphatic rings. The summed E-state index contributed by atoms with van der Waals surface area (Å²) in [5, 5.41) is 3.33. The number of methoxy groups -OCH3 is 1. The molecule has 0 aliphatic carbocycles. The molecule has 0 spiro atoms. The van der Waals surface area contributed by atoms with Crippen molar-refractivity contribution < 1.29 is 18.3 Å². The summed E-state index contributed by atoms with van der Waals surface area (Å²) in [5.74, 6) is -0.750. The Kier molecular flexibility index (Phi) is 2.97. The second-order valence-electron chi connectivity index (χ2n) is 2.07. The third-order valence-corrected chi connectivity index (χ3v) is 1.86. The second-order valence-corrected chi connectivity index (χ2v) is 2.88. The zero-order valence-corrected chi connectivity index (χ0v) is 8.09. The molecule has 7 heteroatoms. The fourth-order valence-electron chi connectivity index (χ4n) is 0.713. The number of esters is 1. The maximum absolute atomic E-state index is 12.1. The van der Waals surface area contributed by atoms with Gasteiger partial charge in [-0.05, 0) is 15.9 Å². The Bertz CT molecular complexity index is 326. The van der Waals surface area contributed by atoms with Crippen LogP contribution in [0.3, 0.4) is 0 Å². The maximum Gasteiger partial charge on any atom is 0.358 e. The van der Waals surface area contributed by atoms with E-state index < -0.39 is 12.5 Å². The van der Waals surface area contributed by atoms with E-state index in [-0.39, 0.29) is 10.3 Å². The minimum atomic E-state index is -2.78. The topological polar surface area (TPSA) is 44.1 Å². The van der Waals surface area contributed by atoms with E-state index >= 15 is 0 Å². The van der Waals surface area contributed by atoms with Gasteiger partial charge < -0.3 is 4.74 Å². The van der Waals surface area contributed by atoms with Crippen molar-refractivity contribution >= 4 is 21.9 Å². The number of halogens is 3. The van der Waals surface area contributed by atoms with Crippen molar-refractivity contribution in [2.75, 3.05) is 7.11 Å². The van der Waals surface area contributed by atoms with Crippen LogP contribution in [0.5, 0.6) is 0 Å². The smallest absolute Gasteiger partial charge is 0.358 e. The highest BCUT2D eigenvalue weighted by molar-refractivity contribution is 9.10. The highest BCUT2D eigenvalue weighted by atomic mass is 79.9. The van der Waals surface area contributed by atoms with Crippen molar-refractivity contribution in [2.45, 2.75) is 6.55 Å². The van der Waals surface area contributed by atoms with Crippen LogP contribution in [-0.4, -0.2) is 22.9 Å². The summed E-state index contributed by atoms with van der Waals surface area (Å²) in [4.78, 5) is 10.8. The van der Waals surface area contributed by atoms with Gasteiger partial charge in [0.1, 0.15) is 4.60 Å². The summed E-state index contributed by atoms with van der Waals surface area (Å²) in [5.41, 5.74) is -0.158. The number of ether oxygens (including phenoxy) is 1. The highest BCUT2D eigenvalue weighted by Gasteiger charge is 2.17. The lowest BCUT2D eigenvalue weighted by Crippen LogP contribution is -2.05. The van der Waals surface area contributed by atoms with Crippen LogP contribution < -0.4 is 0 Å². The Hall–Kier alpha value is -0.980. The van der Waals surface area contributed by atoms with E-state index in [1.54, 1.807) is 0 Å². The van der Waals surface area contributed by atoms with E-state index in [1.807, 2.05) is 0 Å². The number of rotatable bonds is 2. The molecule has 13 heavy (non-hydrogen) atoms. The Morgan fingerprint density at radius 3 is 2.77 bits per heavy atom. The molecule has 1 aromatic rings. The van der Waals surface area contributed by atoms with Gasteiger partial charge in [-0.15, -0.1) is 0 Å².